The SMILES string of the molecule is CC1CC(C)S(=O)(=O)C(C)C1. The van der Waals surface area contributed by atoms with Gasteiger partial charge in [-0.25, -0.2) is 8.42 Å². The van der Waals surface area contributed by atoms with Crippen LogP contribution >= 0.6 is 0 Å². The third kappa shape index (κ3) is 1.58. The molecule has 0 saturated carbocycles. The summed E-state index contributed by atoms with van der Waals surface area (Å²) in [7, 11) is -2.77. The van der Waals surface area contributed by atoms with E-state index in [1.54, 1.807) is 0 Å². The zero-order chi connectivity index (χ0) is 8.65. The molecule has 0 aliphatic carbocycles. The van der Waals surface area contributed by atoms with Crippen LogP contribution in [0.3, 0.4) is 0 Å². The third-order valence-electron chi connectivity index (χ3n) is 2.59. The fraction of sp³-hybridized carbons (Fsp3) is 1.00. The number of hydrogen-bond donors (Lipinski definition) is 0. The summed E-state index contributed by atoms with van der Waals surface area (Å²) in [5, 5.41) is -0.248. The topological polar surface area (TPSA) is 34.1 Å². The molecule has 1 heterocycles. The summed E-state index contributed by atoms with van der Waals surface area (Å²) in [5.74, 6) is 0.573. The molecule has 2 atom stereocenters. The van der Waals surface area contributed by atoms with Crippen LogP contribution in [0.1, 0.15) is 33.6 Å². The molecule has 0 aromatic heterocycles. The zero-order valence-electron chi connectivity index (χ0n) is 7.37. The summed E-state index contributed by atoms with van der Waals surface area (Å²) in [6, 6.07) is 0. The quantitative estimate of drug-likeness (QED) is 0.562. The van der Waals surface area contributed by atoms with Crippen LogP contribution in [0.5, 0.6) is 0 Å². The van der Waals surface area contributed by atoms with Crippen LogP contribution < -0.4 is 0 Å². The molecule has 0 aromatic rings. The molecule has 1 fully saturated rings. The van der Waals surface area contributed by atoms with Crippen molar-refractivity contribution in [2.75, 3.05) is 0 Å². The van der Waals surface area contributed by atoms with Crippen LogP contribution in [0.4, 0.5) is 0 Å². The van der Waals surface area contributed by atoms with Gasteiger partial charge in [-0.2, -0.15) is 0 Å². The Bertz CT molecular complexity index is 212. The number of hydrogen-bond acceptors (Lipinski definition) is 2. The minimum Gasteiger partial charge on any atom is -0.228 e. The van der Waals surface area contributed by atoms with Crippen molar-refractivity contribution in [1.82, 2.24) is 0 Å². The molecule has 1 aliphatic rings. The Kier molecular flexibility index (Phi) is 2.28. The highest BCUT2D eigenvalue weighted by atomic mass is 32.2. The summed E-state index contributed by atoms with van der Waals surface area (Å²) in [4.78, 5) is 0. The van der Waals surface area contributed by atoms with Crippen LogP contribution in [-0.2, 0) is 9.84 Å². The van der Waals surface area contributed by atoms with Gasteiger partial charge in [-0.05, 0) is 32.6 Å². The van der Waals surface area contributed by atoms with Crippen LogP contribution in [0.15, 0.2) is 0 Å². The van der Waals surface area contributed by atoms with Gasteiger partial charge in [0.2, 0.25) is 0 Å². The van der Waals surface area contributed by atoms with Gasteiger partial charge < -0.3 is 0 Å². The van der Waals surface area contributed by atoms with Crippen molar-refractivity contribution in [3.8, 4) is 0 Å². The van der Waals surface area contributed by atoms with Gasteiger partial charge in [0.15, 0.2) is 9.84 Å². The van der Waals surface area contributed by atoms with Gasteiger partial charge >= 0.3 is 0 Å². The molecular formula is C8H16O2S. The van der Waals surface area contributed by atoms with Gasteiger partial charge in [-0.15, -0.1) is 0 Å². The largest absolute Gasteiger partial charge is 0.228 e. The Morgan fingerprint density at radius 2 is 1.36 bits per heavy atom. The van der Waals surface area contributed by atoms with Crippen molar-refractivity contribution in [3.05, 3.63) is 0 Å². The maximum atomic E-state index is 11.5. The molecule has 0 radical (unpaired) electrons. The first kappa shape index (κ1) is 9.04. The van der Waals surface area contributed by atoms with Crippen LogP contribution in [-0.4, -0.2) is 18.9 Å². The van der Waals surface area contributed by atoms with Gasteiger partial charge in [0.05, 0.1) is 10.5 Å². The molecule has 0 aromatic carbocycles. The summed E-state index contributed by atoms with van der Waals surface area (Å²) < 4.78 is 22.9. The van der Waals surface area contributed by atoms with Gasteiger partial charge in [-0.1, -0.05) is 6.92 Å². The van der Waals surface area contributed by atoms with Crippen molar-refractivity contribution in [2.24, 2.45) is 5.92 Å². The van der Waals surface area contributed by atoms with E-state index in [2.05, 4.69) is 6.92 Å². The van der Waals surface area contributed by atoms with Gasteiger partial charge in [0.25, 0.3) is 0 Å². The highest BCUT2D eigenvalue weighted by Crippen LogP contribution is 2.29. The van der Waals surface area contributed by atoms with E-state index in [1.165, 1.54) is 0 Å². The lowest BCUT2D eigenvalue weighted by Crippen LogP contribution is -2.36. The normalized spacial score (nSPS) is 43.7. The van der Waals surface area contributed by atoms with Gasteiger partial charge in [0, 0.05) is 0 Å². The second kappa shape index (κ2) is 2.77. The molecule has 2 nitrogen and oxygen atoms in total. The molecule has 0 amide bonds. The molecular weight excluding hydrogens is 160 g/mol. The Balaban J connectivity index is 2.85. The number of sulfone groups is 1. The standard InChI is InChI=1S/C8H16O2S/c1-6-4-7(2)11(9,10)8(3)5-6/h6-8H,4-5H2,1-3H3. The van der Waals surface area contributed by atoms with E-state index >= 15 is 0 Å². The Hall–Kier alpha value is -0.0500. The predicted molar refractivity (Wildman–Crippen MR) is 46.2 cm³/mol. The monoisotopic (exact) mass is 176 g/mol. The molecule has 11 heavy (non-hydrogen) atoms. The molecule has 1 saturated heterocycles. The maximum Gasteiger partial charge on any atom is 0.155 e. The van der Waals surface area contributed by atoms with Crippen molar-refractivity contribution in [3.63, 3.8) is 0 Å². The third-order valence-corrected chi connectivity index (χ3v) is 5.22. The van der Waals surface area contributed by atoms with E-state index in [0.29, 0.717) is 5.92 Å². The molecule has 1 aliphatic heterocycles. The predicted octanol–water partition coefficient (Wildman–Crippen LogP) is 1.61. The average molecular weight is 176 g/mol. The molecule has 0 N–H and O–H groups in total. The smallest absolute Gasteiger partial charge is 0.155 e. The fourth-order valence-corrected chi connectivity index (χ4v) is 3.88. The van der Waals surface area contributed by atoms with E-state index in [4.69, 9.17) is 0 Å². The molecule has 2 unspecified atom stereocenters. The molecule has 3 heteroatoms. The summed E-state index contributed by atoms with van der Waals surface area (Å²) in [5.41, 5.74) is 0. The van der Waals surface area contributed by atoms with E-state index in [-0.39, 0.29) is 10.5 Å². The van der Waals surface area contributed by atoms with E-state index in [9.17, 15) is 8.42 Å². The lowest BCUT2D eigenvalue weighted by molar-refractivity contribution is 0.432. The van der Waals surface area contributed by atoms with Crippen LogP contribution in [0.2, 0.25) is 0 Å². The number of rotatable bonds is 0. The Morgan fingerprint density at radius 1 is 1.00 bits per heavy atom. The summed E-state index contributed by atoms with van der Waals surface area (Å²) in [6.45, 7) is 5.77. The molecule has 1 rings (SSSR count). The first-order valence-corrected chi connectivity index (χ1v) is 5.78. The van der Waals surface area contributed by atoms with Crippen molar-refractivity contribution < 1.29 is 8.42 Å². The Labute approximate surface area is 68.9 Å². The van der Waals surface area contributed by atoms with E-state index in [0.717, 1.165) is 12.8 Å². The highest BCUT2D eigenvalue weighted by molar-refractivity contribution is 7.92. The molecule has 0 bridgehead atoms. The van der Waals surface area contributed by atoms with Gasteiger partial charge in [-0.3, -0.25) is 0 Å². The lowest BCUT2D eigenvalue weighted by Gasteiger charge is -2.29. The van der Waals surface area contributed by atoms with Crippen molar-refractivity contribution >= 4 is 9.84 Å². The second-order valence-electron chi connectivity index (χ2n) is 3.79. The second-order valence-corrected chi connectivity index (χ2v) is 6.57. The van der Waals surface area contributed by atoms with Crippen LogP contribution in [0, 0.1) is 5.92 Å². The first-order valence-electron chi connectivity index (χ1n) is 4.17. The first-order chi connectivity index (χ1) is 4.94. The lowest BCUT2D eigenvalue weighted by atomic mass is 10.00. The minimum absolute atomic E-state index is 0.124. The molecule has 0 spiro atoms. The minimum atomic E-state index is -2.77. The van der Waals surface area contributed by atoms with Crippen molar-refractivity contribution in [2.45, 2.75) is 44.1 Å². The van der Waals surface area contributed by atoms with Gasteiger partial charge in [0.1, 0.15) is 0 Å². The van der Waals surface area contributed by atoms with E-state index < -0.39 is 9.84 Å². The highest BCUT2D eigenvalue weighted by Gasteiger charge is 2.34. The van der Waals surface area contributed by atoms with E-state index in [1.807, 2.05) is 13.8 Å². The van der Waals surface area contributed by atoms with Crippen LogP contribution in [0.25, 0.3) is 0 Å². The zero-order valence-corrected chi connectivity index (χ0v) is 8.19. The average Bonchev–Trinajstić information content (AvgIpc) is 1.84. The fourth-order valence-electron chi connectivity index (χ4n) is 1.89. The molecule has 66 valence electrons. The maximum absolute atomic E-state index is 11.5. The Morgan fingerprint density at radius 3 is 1.73 bits per heavy atom. The summed E-state index contributed by atoms with van der Waals surface area (Å²) >= 11 is 0. The summed E-state index contributed by atoms with van der Waals surface area (Å²) in [6.07, 6.45) is 1.68. The van der Waals surface area contributed by atoms with Crippen molar-refractivity contribution in [1.29, 1.82) is 0 Å².